The maximum Gasteiger partial charge on any atom is 0.325 e. The first kappa shape index (κ1) is 13.7. The Morgan fingerprint density at radius 1 is 1.23 bits per heavy atom. The van der Waals surface area contributed by atoms with E-state index in [0.717, 1.165) is 25.0 Å². The highest BCUT2D eigenvalue weighted by atomic mass is 19.2. The molecule has 116 valence electrons. The molecule has 3 unspecified atom stereocenters. The van der Waals surface area contributed by atoms with Gasteiger partial charge in [0.25, 0.3) is 5.91 Å². The average molecular weight is 306 g/mol. The number of hydrogen-bond donors (Lipinski definition) is 1. The molecule has 6 heteroatoms. The lowest BCUT2D eigenvalue weighted by Gasteiger charge is -2.18. The van der Waals surface area contributed by atoms with Gasteiger partial charge in [0, 0.05) is 5.41 Å². The highest BCUT2D eigenvalue weighted by molar-refractivity contribution is 6.05. The Kier molecular flexibility index (Phi) is 2.65. The van der Waals surface area contributed by atoms with Crippen molar-refractivity contribution in [1.29, 1.82) is 0 Å². The quantitative estimate of drug-likeness (QED) is 0.871. The van der Waals surface area contributed by atoms with E-state index in [4.69, 9.17) is 0 Å². The number of benzene rings is 1. The Balaban J connectivity index is 1.58. The van der Waals surface area contributed by atoms with Crippen LogP contribution in [-0.2, 0) is 10.2 Å². The first-order valence-electron chi connectivity index (χ1n) is 7.51. The summed E-state index contributed by atoms with van der Waals surface area (Å²) in [6, 6.07) is 2.72. The number of nitrogens with zero attached hydrogens (tertiary/aromatic N) is 1. The number of carbonyl (C=O) groups is 2. The highest BCUT2D eigenvalue weighted by Gasteiger charge is 2.61. The van der Waals surface area contributed by atoms with E-state index in [1.807, 2.05) is 6.92 Å². The van der Waals surface area contributed by atoms with Gasteiger partial charge in [0.15, 0.2) is 11.6 Å². The Labute approximate surface area is 126 Å². The van der Waals surface area contributed by atoms with Crippen LogP contribution < -0.4 is 5.32 Å². The van der Waals surface area contributed by atoms with Gasteiger partial charge < -0.3 is 5.32 Å². The van der Waals surface area contributed by atoms with Crippen LogP contribution in [0.15, 0.2) is 18.2 Å². The molecule has 0 aromatic heterocycles. The zero-order valence-electron chi connectivity index (χ0n) is 12.1. The van der Waals surface area contributed by atoms with Gasteiger partial charge in [0.05, 0.1) is 6.04 Å². The fourth-order valence-corrected chi connectivity index (χ4v) is 3.44. The van der Waals surface area contributed by atoms with Crippen molar-refractivity contribution in [2.24, 2.45) is 5.92 Å². The van der Waals surface area contributed by atoms with Gasteiger partial charge in [-0.2, -0.15) is 0 Å². The molecule has 3 amide bonds. The highest BCUT2D eigenvalue weighted by Crippen LogP contribution is 2.52. The van der Waals surface area contributed by atoms with Gasteiger partial charge in [-0.25, -0.2) is 13.6 Å². The number of carbonyl (C=O) groups excluding carboxylic acids is 2. The molecule has 1 aromatic rings. The lowest BCUT2D eigenvalue weighted by atomic mass is 9.97. The number of halogens is 2. The Morgan fingerprint density at radius 3 is 2.59 bits per heavy atom. The van der Waals surface area contributed by atoms with Crippen molar-refractivity contribution in [2.45, 2.75) is 43.7 Å². The minimum atomic E-state index is -0.905. The molecule has 1 aromatic carbocycles. The second kappa shape index (κ2) is 4.27. The number of rotatable bonds is 3. The second-order valence-electron chi connectivity index (χ2n) is 6.74. The largest absolute Gasteiger partial charge is 0.326 e. The van der Waals surface area contributed by atoms with Crippen molar-refractivity contribution in [3.8, 4) is 0 Å². The van der Waals surface area contributed by atoms with Gasteiger partial charge in [0.1, 0.15) is 6.04 Å². The summed E-state index contributed by atoms with van der Waals surface area (Å²) in [5.41, 5.74) is 0.117. The number of nitrogens with one attached hydrogen (secondary N) is 1. The monoisotopic (exact) mass is 306 g/mol. The van der Waals surface area contributed by atoms with Crippen molar-refractivity contribution in [1.82, 2.24) is 10.2 Å². The van der Waals surface area contributed by atoms with Crippen molar-refractivity contribution in [2.75, 3.05) is 0 Å². The van der Waals surface area contributed by atoms with E-state index in [1.165, 1.54) is 11.0 Å². The molecule has 3 aliphatic rings. The fourth-order valence-electron chi connectivity index (χ4n) is 3.44. The molecule has 0 bridgehead atoms. The minimum absolute atomic E-state index is 0.177. The summed E-state index contributed by atoms with van der Waals surface area (Å²) >= 11 is 0. The lowest BCUT2D eigenvalue weighted by molar-refractivity contribution is -0.128. The Hall–Kier alpha value is -1.98. The van der Waals surface area contributed by atoms with Crippen LogP contribution in [0.1, 0.15) is 31.7 Å². The number of hydrogen-bond acceptors (Lipinski definition) is 2. The molecule has 1 heterocycles. The van der Waals surface area contributed by atoms with Crippen LogP contribution in [0.3, 0.4) is 0 Å². The summed E-state index contributed by atoms with van der Waals surface area (Å²) in [4.78, 5) is 25.8. The van der Waals surface area contributed by atoms with Crippen molar-refractivity contribution >= 4 is 11.9 Å². The standard InChI is InChI=1S/C16H16F2N2O2/c1-16(9-4-5-10(17)11(18)6-9)7-12(16)20-14(21)13(8-2-3-8)19-15(20)22/h4-6,8,12-13H,2-3,7H2,1H3,(H,19,22). The van der Waals surface area contributed by atoms with Crippen LogP contribution in [-0.4, -0.2) is 28.9 Å². The molecule has 1 aliphatic heterocycles. The molecule has 1 saturated heterocycles. The van der Waals surface area contributed by atoms with Crippen molar-refractivity contribution < 1.29 is 18.4 Å². The van der Waals surface area contributed by atoms with E-state index in [0.29, 0.717) is 12.0 Å². The molecule has 0 radical (unpaired) electrons. The van der Waals surface area contributed by atoms with Crippen LogP contribution in [0.25, 0.3) is 0 Å². The summed E-state index contributed by atoms with van der Waals surface area (Å²) in [6.45, 7) is 1.87. The zero-order valence-corrected chi connectivity index (χ0v) is 12.1. The predicted molar refractivity (Wildman–Crippen MR) is 74.0 cm³/mol. The van der Waals surface area contributed by atoms with Crippen LogP contribution in [0.2, 0.25) is 0 Å². The molecule has 3 atom stereocenters. The third kappa shape index (κ3) is 1.86. The maximum absolute atomic E-state index is 13.4. The third-order valence-electron chi connectivity index (χ3n) is 5.18. The molecule has 22 heavy (non-hydrogen) atoms. The van der Waals surface area contributed by atoms with Gasteiger partial charge in [0.2, 0.25) is 0 Å². The predicted octanol–water partition coefficient (Wildman–Crippen LogP) is 2.33. The summed E-state index contributed by atoms with van der Waals surface area (Å²) in [7, 11) is 0. The van der Waals surface area contributed by atoms with Crippen LogP contribution >= 0.6 is 0 Å². The first-order valence-corrected chi connectivity index (χ1v) is 7.51. The molecule has 3 fully saturated rings. The van der Waals surface area contributed by atoms with Gasteiger partial charge in [-0.15, -0.1) is 0 Å². The topological polar surface area (TPSA) is 49.4 Å². The van der Waals surface area contributed by atoms with Crippen LogP contribution in [0.4, 0.5) is 13.6 Å². The van der Waals surface area contributed by atoms with Gasteiger partial charge in [-0.3, -0.25) is 9.69 Å². The van der Waals surface area contributed by atoms with E-state index in [-0.39, 0.29) is 23.9 Å². The summed E-state index contributed by atoms with van der Waals surface area (Å²) in [6.07, 6.45) is 2.51. The van der Waals surface area contributed by atoms with Crippen LogP contribution in [0, 0.1) is 17.6 Å². The smallest absolute Gasteiger partial charge is 0.325 e. The minimum Gasteiger partial charge on any atom is -0.326 e. The van der Waals surface area contributed by atoms with Crippen molar-refractivity contribution in [3.63, 3.8) is 0 Å². The molecule has 2 saturated carbocycles. The zero-order chi connectivity index (χ0) is 15.6. The lowest BCUT2D eigenvalue weighted by Crippen LogP contribution is -2.37. The number of imide groups is 1. The molecular weight excluding hydrogens is 290 g/mol. The van der Waals surface area contributed by atoms with E-state index in [9.17, 15) is 18.4 Å². The van der Waals surface area contributed by atoms with Gasteiger partial charge in [-0.05, 0) is 42.9 Å². The number of amides is 3. The summed E-state index contributed by atoms with van der Waals surface area (Å²) in [5, 5.41) is 2.75. The maximum atomic E-state index is 13.4. The summed E-state index contributed by atoms with van der Waals surface area (Å²) < 4.78 is 26.5. The molecule has 4 rings (SSSR count). The van der Waals surface area contributed by atoms with Crippen molar-refractivity contribution in [3.05, 3.63) is 35.4 Å². The summed E-state index contributed by atoms with van der Waals surface area (Å²) in [5.74, 6) is -1.72. The van der Waals surface area contributed by atoms with Gasteiger partial charge in [-0.1, -0.05) is 13.0 Å². The number of urea groups is 1. The molecule has 2 aliphatic carbocycles. The van der Waals surface area contributed by atoms with E-state index in [1.54, 1.807) is 0 Å². The normalized spacial score (nSPS) is 34.0. The second-order valence-corrected chi connectivity index (χ2v) is 6.74. The van der Waals surface area contributed by atoms with Crippen LogP contribution in [0.5, 0.6) is 0 Å². The van der Waals surface area contributed by atoms with Gasteiger partial charge >= 0.3 is 6.03 Å². The molecule has 0 spiro atoms. The van der Waals surface area contributed by atoms with E-state index < -0.39 is 23.1 Å². The fraction of sp³-hybridized carbons (Fsp3) is 0.500. The molecule has 4 nitrogen and oxygen atoms in total. The van der Waals surface area contributed by atoms with E-state index in [2.05, 4.69) is 5.32 Å². The SMILES string of the molecule is CC1(c2ccc(F)c(F)c2)CC1N1C(=O)NC(C2CC2)C1=O. The third-order valence-corrected chi connectivity index (χ3v) is 5.18. The molecule has 1 N–H and O–H groups in total. The Bertz CT molecular complexity index is 689. The first-order chi connectivity index (χ1) is 10.4. The average Bonchev–Trinajstić information content (AvgIpc) is 3.37. The molecular formula is C16H16F2N2O2. The van der Waals surface area contributed by atoms with E-state index >= 15 is 0 Å². The Morgan fingerprint density at radius 2 is 1.95 bits per heavy atom.